The third-order valence-electron chi connectivity index (χ3n) is 3.75. The molecule has 1 aliphatic heterocycles. The van der Waals surface area contributed by atoms with E-state index in [0.717, 1.165) is 5.75 Å². The first-order valence-electron chi connectivity index (χ1n) is 7.75. The summed E-state index contributed by atoms with van der Waals surface area (Å²) >= 11 is 0. The zero-order valence-electron chi connectivity index (χ0n) is 13.4. The number of aliphatic hydroxyl groups excluding tert-OH is 4. The largest absolute Gasteiger partial charge is 0.497 e. The molecular weight excluding hydrogens is 320 g/mol. The second kappa shape index (κ2) is 9.16. The van der Waals surface area contributed by atoms with Gasteiger partial charge in [0.1, 0.15) is 35.9 Å². The highest BCUT2D eigenvalue weighted by atomic mass is 16.7. The lowest BCUT2D eigenvalue weighted by molar-refractivity contribution is -0.301. The zero-order chi connectivity index (χ0) is 17.5. The van der Waals surface area contributed by atoms with E-state index in [0.29, 0.717) is 18.8 Å². The van der Waals surface area contributed by atoms with Crippen LogP contribution in [0, 0.1) is 0 Å². The van der Waals surface area contributed by atoms with Gasteiger partial charge in [0, 0.05) is 6.42 Å². The quantitative estimate of drug-likeness (QED) is 0.457. The minimum atomic E-state index is -1.43. The summed E-state index contributed by atoms with van der Waals surface area (Å²) in [5.74, 6) is 1.44. The third-order valence-corrected chi connectivity index (χ3v) is 3.75. The van der Waals surface area contributed by atoms with Gasteiger partial charge in [0.05, 0.1) is 26.9 Å². The average molecular weight is 344 g/mol. The Labute approximate surface area is 140 Å². The standard InChI is InChI=1S/C16H24O8/c1-21-10-3-5-11(6-4-10)22-7-2-8-23-16-15(20)14(19)13(18)12(9-17)24-16/h3-6,12-20H,2,7-9H2,1H3. The predicted molar refractivity (Wildman–Crippen MR) is 82.8 cm³/mol. The molecule has 1 aliphatic rings. The molecule has 1 saturated heterocycles. The van der Waals surface area contributed by atoms with Gasteiger partial charge >= 0.3 is 0 Å². The smallest absolute Gasteiger partial charge is 0.186 e. The second-order valence-corrected chi connectivity index (χ2v) is 5.45. The maximum Gasteiger partial charge on any atom is 0.186 e. The van der Waals surface area contributed by atoms with Crippen LogP contribution in [0.1, 0.15) is 6.42 Å². The summed E-state index contributed by atoms with van der Waals surface area (Å²) in [7, 11) is 1.59. The molecule has 0 saturated carbocycles. The fourth-order valence-electron chi connectivity index (χ4n) is 2.33. The summed E-state index contributed by atoms with van der Waals surface area (Å²) in [6.45, 7) is 0.133. The first kappa shape index (κ1) is 18.9. The van der Waals surface area contributed by atoms with E-state index in [4.69, 9.17) is 24.1 Å². The van der Waals surface area contributed by atoms with E-state index in [1.165, 1.54) is 0 Å². The van der Waals surface area contributed by atoms with Crippen molar-refractivity contribution in [1.29, 1.82) is 0 Å². The molecule has 0 bridgehead atoms. The van der Waals surface area contributed by atoms with Crippen molar-refractivity contribution in [1.82, 2.24) is 0 Å². The molecule has 2 rings (SSSR count). The maximum absolute atomic E-state index is 9.82. The molecule has 24 heavy (non-hydrogen) atoms. The minimum absolute atomic E-state index is 0.221. The van der Waals surface area contributed by atoms with Crippen molar-refractivity contribution in [3.05, 3.63) is 24.3 Å². The molecule has 0 aromatic heterocycles. The van der Waals surface area contributed by atoms with E-state index >= 15 is 0 Å². The van der Waals surface area contributed by atoms with Gasteiger partial charge in [0.2, 0.25) is 0 Å². The number of methoxy groups -OCH3 is 1. The summed E-state index contributed by atoms with van der Waals surface area (Å²) < 4.78 is 21.2. The first-order chi connectivity index (χ1) is 11.6. The van der Waals surface area contributed by atoms with Crippen LogP contribution in [0.5, 0.6) is 11.5 Å². The number of hydrogen-bond acceptors (Lipinski definition) is 8. The summed E-state index contributed by atoms with van der Waals surface area (Å²) in [5, 5.41) is 38.2. The number of benzene rings is 1. The van der Waals surface area contributed by atoms with Crippen LogP contribution < -0.4 is 9.47 Å². The van der Waals surface area contributed by atoms with Crippen molar-refractivity contribution in [2.24, 2.45) is 0 Å². The molecule has 0 aliphatic carbocycles. The number of ether oxygens (including phenoxy) is 4. The van der Waals surface area contributed by atoms with Crippen LogP contribution in [0.2, 0.25) is 0 Å². The van der Waals surface area contributed by atoms with E-state index in [1.807, 2.05) is 0 Å². The van der Waals surface area contributed by atoms with Gasteiger partial charge in [-0.2, -0.15) is 0 Å². The molecule has 0 radical (unpaired) electrons. The van der Waals surface area contributed by atoms with Gasteiger partial charge in [0.15, 0.2) is 6.29 Å². The Hall–Kier alpha value is -1.42. The van der Waals surface area contributed by atoms with Gasteiger partial charge in [0.25, 0.3) is 0 Å². The van der Waals surface area contributed by atoms with E-state index in [2.05, 4.69) is 0 Å². The van der Waals surface area contributed by atoms with Crippen molar-refractivity contribution in [3.8, 4) is 11.5 Å². The highest BCUT2D eigenvalue weighted by Gasteiger charge is 2.43. The molecule has 1 fully saturated rings. The van der Waals surface area contributed by atoms with E-state index < -0.39 is 37.3 Å². The molecule has 1 aromatic carbocycles. The molecule has 1 heterocycles. The lowest BCUT2D eigenvalue weighted by atomic mass is 9.99. The monoisotopic (exact) mass is 344 g/mol. The molecule has 0 spiro atoms. The zero-order valence-corrected chi connectivity index (χ0v) is 13.4. The highest BCUT2D eigenvalue weighted by molar-refractivity contribution is 5.31. The Morgan fingerprint density at radius 1 is 0.958 bits per heavy atom. The van der Waals surface area contributed by atoms with Crippen molar-refractivity contribution >= 4 is 0 Å². The van der Waals surface area contributed by atoms with Crippen LogP contribution in [-0.4, -0.2) is 78.1 Å². The minimum Gasteiger partial charge on any atom is -0.497 e. The lowest BCUT2D eigenvalue weighted by Gasteiger charge is -2.39. The van der Waals surface area contributed by atoms with Gasteiger partial charge in [-0.1, -0.05) is 0 Å². The van der Waals surface area contributed by atoms with Crippen molar-refractivity contribution in [3.63, 3.8) is 0 Å². The van der Waals surface area contributed by atoms with Crippen molar-refractivity contribution in [2.75, 3.05) is 26.9 Å². The Morgan fingerprint density at radius 3 is 2.25 bits per heavy atom. The maximum atomic E-state index is 9.82. The molecular formula is C16H24O8. The Bertz CT molecular complexity index is 477. The average Bonchev–Trinajstić information content (AvgIpc) is 2.61. The fourth-order valence-corrected chi connectivity index (χ4v) is 2.33. The molecule has 0 amide bonds. The van der Waals surface area contributed by atoms with Crippen molar-refractivity contribution < 1.29 is 39.4 Å². The first-order valence-corrected chi connectivity index (χ1v) is 7.75. The van der Waals surface area contributed by atoms with Crippen LogP contribution in [0.4, 0.5) is 0 Å². The molecule has 8 heteroatoms. The third kappa shape index (κ3) is 4.79. The van der Waals surface area contributed by atoms with Gasteiger partial charge in [-0.05, 0) is 24.3 Å². The summed E-state index contributed by atoms with van der Waals surface area (Å²) in [4.78, 5) is 0. The van der Waals surface area contributed by atoms with Gasteiger partial charge in [-0.15, -0.1) is 0 Å². The number of rotatable bonds is 8. The molecule has 8 nitrogen and oxygen atoms in total. The number of aliphatic hydroxyl groups is 4. The van der Waals surface area contributed by atoms with Crippen LogP contribution >= 0.6 is 0 Å². The predicted octanol–water partition coefficient (Wildman–Crippen LogP) is -0.719. The van der Waals surface area contributed by atoms with Crippen LogP contribution in [-0.2, 0) is 9.47 Å². The van der Waals surface area contributed by atoms with Gasteiger partial charge < -0.3 is 39.4 Å². The SMILES string of the molecule is COc1ccc(OCCCOC2OC(CO)C(O)C(O)C2O)cc1. The second-order valence-electron chi connectivity index (χ2n) is 5.45. The molecule has 136 valence electrons. The van der Waals surface area contributed by atoms with E-state index in [1.54, 1.807) is 31.4 Å². The fraction of sp³-hybridized carbons (Fsp3) is 0.625. The topological polar surface area (TPSA) is 118 Å². The van der Waals surface area contributed by atoms with Gasteiger partial charge in [-0.25, -0.2) is 0 Å². The van der Waals surface area contributed by atoms with Gasteiger partial charge in [-0.3, -0.25) is 0 Å². The van der Waals surface area contributed by atoms with Crippen LogP contribution in [0.15, 0.2) is 24.3 Å². The Balaban J connectivity index is 1.69. The van der Waals surface area contributed by atoms with Crippen LogP contribution in [0.25, 0.3) is 0 Å². The van der Waals surface area contributed by atoms with Crippen LogP contribution in [0.3, 0.4) is 0 Å². The molecule has 5 unspecified atom stereocenters. The normalized spacial score (nSPS) is 30.1. The summed E-state index contributed by atoms with van der Waals surface area (Å²) in [6.07, 6.45) is -5.75. The number of hydrogen-bond donors (Lipinski definition) is 4. The summed E-state index contributed by atoms with van der Waals surface area (Å²) in [6, 6.07) is 7.16. The molecule has 5 atom stereocenters. The van der Waals surface area contributed by atoms with E-state index in [9.17, 15) is 15.3 Å². The van der Waals surface area contributed by atoms with Crippen molar-refractivity contribution in [2.45, 2.75) is 37.1 Å². The lowest BCUT2D eigenvalue weighted by Crippen LogP contribution is -2.59. The van der Waals surface area contributed by atoms with E-state index in [-0.39, 0.29) is 6.61 Å². The Morgan fingerprint density at radius 2 is 1.62 bits per heavy atom. The molecule has 1 aromatic rings. The molecule has 4 N–H and O–H groups in total. The highest BCUT2D eigenvalue weighted by Crippen LogP contribution is 2.22. The Kier molecular flexibility index (Phi) is 7.22. The summed E-state index contributed by atoms with van der Waals surface area (Å²) in [5.41, 5.74) is 0.